The Hall–Kier alpha value is -2.62. The van der Waals surface area contributed by atoms with Gasteiger partial charge in [-0.3, -0.25) is 9.69 Å². The van der Waals surface area contributed by atoms with Crippen molar-refractivity contribution in [2.75, 3.05) is 26.8 Å². The van der Waals surface area contributed by atoms with Crippen LogP contribution in [0.4, 0.5) is 4.39 Å². The molecule has 0 aliphatic heterocycles. The molecule has 0 aliphatic rings. The van der Waals surface area contributed by atoms with Gasteiger partial charge in [0.2, 0.25) is 11.8 Å². The van der Waals surface area contributed by atoms with Gasteiger partial charge in [-0.1, -0.05) is 24.3 Å². The summed E-state index contributed by atoms with van der Waals surface area (Å²) in [5, 5.41) is 12.8. The van der Waals surface area contributed by atoms with E-state index in [9.17, 15) is 9.18 Å². The fourth-order valence-corrected chi connectivity index (χ4v) is 3.18. The summed E-state index contributed by atoms with van der Waals surface area (Å²) in [7, 11) is 1.60. The average Bonchev–Trinajstić information content (AvgIpc) is 3.37. The zero-order valence-corrected chi connectivity index (χ0v) is 16.2. The lowest BCUT2D eigenvalue weighted by atomic mass is 10.2. The molecule has 3 aromatic rings. The highest BCUT2D eigenvalue weighted by molar-refractivity contribution is 7.13. The van der Waals surface area contributed by atoms with E-state index in [1.165, 1.54) is 17.4 Å². The van der Waals surface area contributed by atoms with Gasteiger partial charge in [0.25, 0.3) is 5.89 Å². The van der Waals surface area contributed by atoms with Crippen molar-refractivity contribution in [3.8, 4) is 10.8 Å². The van der Waals surface area contributed by atoms with Crippen LogP contribution in [0.25, 0.3) is 10.8 Å². The quantitative estimate of drug-likeness (QED) is 0.560. The number of rotatable bonds is 10. The molecule has 3 rings (SSSR count). The minimum absolute atomic E-state index is 0.106. The van der Waals surface area contributed by atoms with E-state index >= 15 is 0 Å². The molecule has 0 bridgehead atoms. The Labute approximate surface area is 166 Å². The van der Waals surface area contributed by atoms with Gasteiger partial charge in [0.15, 0.2) is 0 Å². The Kier molecular flexibility index (Phi) is 7.24. The van der Waals surface area contributed by atoms with E-state index in [0.717, 1.165) is 4.88 Å². The van der Waals surface area contributed by atoms with Crippen molar-refractivity contribution < 1.29 is 18.3 Å². The van der Waals surface area contributed by atoms with E-state index in [1.807, 2.05) is 22.4 Å². The van der Waals surface area contributed by atoms with Crippen LogP contribution in [0.1, 0.15) is 11.5 Å². The smallest absolute Gasteiger partial charge is 0.257 e. The van der Waals surface area contributed by atoms with Crippen molar-refractivity contribution in [1.29, 1.82) is 0 Å². The third-order valence-electron chi connectivity index (χ3n) is 3.97. The summed E-state index contributed by atoms with van der Waals surface area (Å²) >= 11 is 1.51. The fourth-order valence-electron chi connectivity index (χ4n) is 2.54. The van der Waals surface area contributed by atoms with Crippen LogP contribution in [0.15, 0.2) is 46.2 Å². The zero-order chi connectivity index (χ0) is 19.8. The van der Waals surface area contributed by atoms with Crippen LogP contribution in [0.2, 0.25) is 0 Å². The van der Waals surface area contributed by atoms with Gasteiger partial charge in [0, 0.05) is 25.8 Å². The van der Waals surface area contributed by atoms with E-state index in [2.05, 4.69) is 15.5 Å². The lowest BCUT2D eigenvalue weighted by Gasteiger charge is -2.19. The number of carbonyl (C=O) groups excluding carboxylic acids is 1. The van der Waals surface area contributed by atoms with Gasteiger partial charge in [-0.15, -0.1) is 21.5 Å². The van der Waals surface area contributed by atoms with Crippen LogP contribution in [0.3, 0.4) is 0 Å². The molecular formula is C19H21FN4O3S. The largest absolute Gasteiger partial charge is 0.419 e. The van der Waals surface area contributed by atoms with Gasteiger partial charge in [0.05, 0.1) is 24.6 Å². The highest BCUT2D eigenvalue weighted by Gasteiger charge is 2.16. The minimum atomic E-state index is -0.342. The van der Waals surface area contributed by atoms with Crippen molar-refractivity contribution >= 4 is 17.2 Å². The second-order valence-corrected chi connectivity index (χ2v) is 7.00. The molecule has 0 saturated heterocycles. The van der Waals surface area contributed by atoms with Crippen LogP contribution < -0.4 is 5.32 Å². The van der Waals surface area contributed by atoms with Crippen LogP contribution >= 0.6 is 11.3 Å². The summed E-state index contributed by atoms with van der Waals surface area (Å²) in [4.78, 5) is 15.0. The Morgan fingerprint density at radius 2 is 2.14 bits per heavy atom. The summed E-state index contributed by atoms with van der Waals surface area (Å²) in [5.74, 6) is 0.311. The third kappa shape index (κ3) is 5.69. The Morgan fingerprint density at radius 1 is 1.29 bits per heavy atom. The van der Waals surface area contributed by atoms with Gasteiger partial charge in [0.1, 0.15) is 5.82 Å². The lowest BCUT2D eigenvalue weighted by Crippen LogP contribution is -2.38. The molecule has 0 aliphatic carbocycles. The van der Waals surface area contributed by atoms with Crippen LogP contribution in [0, 0.1) is 5.82 Å². The molecule has 0 saturated carbocycles. The van der Waals surface area contributed by atoms with Crippen LogP contribution in [0.5, 0.6) is 0 Å². The summed E-state index contributed by atoms with van der Waals surface area (Å²) in [5.41, 5.74) is 0.441. The lowest BCUT2D eigenvalue weighted by molar-refractivity contribution is -0.122. The van der Waals surface area contributed by atoms with Crippen molar-refractivity contribution in [3.63, 3.8) is 0 Å². The van der Waals surface area contributed by atoms with Crippen LogP contribution in [-0.2, 0) is 22.6 Å². The van der Waals surface area contributed by atoms with Crippen molar-refractivity contribution in [2.24, 2.45) is 0 Å². The molecular weight excluding hydrogens is 383 g/mol. The molecule has 9 heteroatoms. The van der Waals surface area contributed by atoms with E-state index < -0.39 is 0 Å². The summed E-state index contributed by atoms with van der Waals surface area (Å²) < 4.78 is 24.5. The maximum absolute atomic E-state index is 13.7. The third-order valence-corrected chi connectivity index (χ3v) is 4.83. The molecule has 0 atom stereocenters. The number of hydrogen-bond donors (Lipinski definition) is 1. The summed E-state index contributed by atoms with van der Waals surface area (Å²) in [6.45, 7) is 1.52. The van der Waals surface area contributed by atoms with E-state index in [-0.39, 0.29) is 24.8 Å². The molecule has 148 valence electrons. The molecule has 2 aromatic heterocycles. The first-order valence-corrected chi connectivity index (χ1v) is 9.61. The number of nitrogens with zero attached hydrogens (tertiary/aromatic N) is 3. The van der Waals surface area contributed by atoms with Crippen molar-refractivity contribution in [3.05, 3.63) is 59.0 Å². The molecule has 1 amide bonds. The van der Waals surface area contributed by atoms with Crippen molar-refractivity contribution in [2.45, 2.75) is 13.1 Å². The van der Waals surface area contributed by atoms with E-state index in [1.54, 1.807) is 25.3 Å². The number of ether oxygens (including phenoxy) is 1. The summed E-state index contributed by atoms with van der Waals surface area (Å²) in [6.07, 6.45) is 0. The number of thiophene rings is 1. The van der Waals surface area contributed by atoms with Gasteiger partial charge < -0.3 is 14.5 Å². The minimum Gasteiger partial charge on any atom is -0.419 e. The predicted octanol–water partition coefficient (Wildman–Crippen LogP) is 2.70. The molecule has 0 unspecified atom stereocenters. The number of halogens is 1. The monoisotopic (exact) mass is 404 g/mol. The number of methoxy groups -OCH3 is 1. The molecule has 0 fully saturated rings. The van der Waals surface area contributed by atoms with E-state index in [0.29, 0.717) is 37.0 Å². The highest BCUT2D eigenvalue weighted by atomic mass is 32.1. The van der Waals surface area contributed by atoms with Crippen LogP contribution in [-0.4, -0.2) is 47.8 Å². The van der Waals surface area contributed by atoms with Gasteiger partial charge >= 0.3 is 0 Å². The fraction of sp³-hybridized carbons (Fsp3) is 0.316. The zero-order valence-electron chi connectivity index (χ0n) is 15.4. The standard InChI is InChI=1S/C19H21FN4O3S/c1-26-9-8-24(12-17(25)21-11-14-5-2-3-6-15(14)20)13-18-22-23-19(27-18)16-7-4-10-28-16/h2-7,10H,8-9,11-13H2,1H3,(H,21,25). The first-order valence-electron chi connectivity index (χ1n) is 8.73. The van der Waals surface area contributed by atoms with Gasteiger partial charge in [-0.2, -0.15) is 0 Å². The average molecular weight is 404 g/mol. The molecule has 28 heavy (non-hydrogen) atoms. The molecule has 0 radical (unpaired) electrons. The molecule has 7 nitrogen and oxygen atoms in total. The van der Waals surface area contributed by atoms with Crippen molar-refractivity contribution in [1.82, 2.24) is 20.4 Å². The Balaban J connectivity index is 1.57. The number of carbonyl (C=O) groups is 1. The SMILES string of the molecule is COCCN(CC(=O)NCc1ccccc1F)Cc1nnc(-c2cccs2)o1. The second kappa shape index (κ2) is 10.1. The second-order valence-electron chi connectivity index (χ2n) is 6.05. The first-order chi connectivity index (χ1) is 13.7. The number of benzene rings is 1. The predicted molar refractivity (Wildman–Crippen MR) is 103 cm³/mol. The first kappa shape index (κ1) is 20.1. The number of nitrogens with one attached hydrogen (secondary N) is 1. The molecule has 2 heterocycles. The molecule has 0 spiro atoms. The summed E-state index contributed by atoms with van der Waals surface area (Å²) in [6, 6.07) is 10.2. The molecule has 1 aromatic carbocycles. The van der Waals surface area contributed by atoms with Gasteiger partial charge in [-0.05, 0) is 17.5 Å². The normalized spacial score (nSPS) is 11.1. The number of hydrogen-bond acceptors (Lipinski definition) is 7. The number of amides is 1. The Bertz CT molecular complexity index is 885. The Morgan fingerprint density at radius 3 is 2.89 bits per heavy atom. The maximum Gasteiger partial charge on any atom is 0.257 e. The highest BCUT2D eigenvalue weighted by Crippen LogP contribution is 2.23. The topological polar surface area (TPSA) is 80.5 Å². The maximum atomic E-state index is 13.7. The number of aromatic nitrogens is 2. The molecule has 1 N–H and O–H groups in total. The van der Waals surface area contributed by atoms with Gasteiger partial charge in [-0.25, -0.2) is 4.39 Å². The van der Waals surface area contributed by atoms with E-state index in [4.69, 9.17) is 9.15 Å².